The SMILES string of the molecule is COc1ccc(-c2nc3ccccn3c2C(C)C(N)=S)cc1C. The van der Waals surface area contributed by atoms with Gasteiger partial charge in [-0.1, -0.05) is 25.2 Å². The zero-order valence-corrected chi connectivity index (χ0v) is 14.2. The van der Waals surface area contributed by atoms with Gasteiger partial charge in [-0.05, 0) is 42.8 Å². The van der Waals surface area contributed by atoms with Crippen LogP contribution in [0.15, 0.2) is 42.6 Å². The van der Waals surface area contributed by atoms with Gasteiger partial charge in [0.25, 0.3) is 0 Å². The van der Waals surface area contributed by atoms with Gasteiger partial charge in [0.05, 0.1) is 23.5 Å². The first-order valence-electron chi connectivity index (χ1n) is 7.44. The number of rotatable bonds is 4. The summed E-state index contributed by atoms with van der Waals surface area (Å²) in [5, 5.41) is 0. The van der Waals surface area contributed by atoms with Gasteiger partial charge in [0, 0.05) is 17.7 Å². The molecule has 3 rings (SSSR count). The number of ether oxygens (including phenoxy) is 1. The van der Waals surface area contributed by atoms with E-state index in [1.165, 1.54) is 0 Å². The Bertz CT molecular complexity index is 885. The first-order chi connectivity index (χ1) is 11.0. The lowest BCUT2D eigenvalue weighted by Gasteiger charge is -2.13. The molecule has 0 radical (unpaired) electrons. The fraction of sp³-hybridized carbons (Fsp3) is 0.222. The number of imidazole rings is 1. The lowest BCUT2D eigenvalue weighted by Crippen LogP contribution is -2.18. The highest BCUT2D eigenvalue weighted by atomic mass is 32.1. The normalized spacial score (nSPS) is 12.3. The van der Waals surface area contributed by atoms with Crippen LogP contribution in [0.2, 0.25) is 0 Å². The maximum absolute atomic E-state index is 5.91. The fourth-order valence-electron chi connectivity index (χ4n) is 2.80. The summed E-state index contributed by atoms with van der Waals surface area (Å²) in [5.41, 5.74) is 10.8. The van der Waals surface area contributed by atoms with Gasteiger partial charge in [0.15, 0.2) is 0 Å². The van der Waals surface area contributed by atoms with Crippen molar-refractivity contribution in [2.75, 3.05) is 7.11 Å². The van der Waals surface area contributed by atoms with E-state index in [9.17, 15) is 0 Å². The van der Waals surface area contributed by atoms with Gasteiger partial charge in [-0.25, -0.2) is 4.98 Å². The van der Waals surface area contributed by atoms with E-state index in [1.807, 2.05) is 50.4 Å². The van der Waals surface area contributed by atoms with Gasteiger partial charge < -0.3 is 14.9 Å². The van der Waals surface area contributed by atoms with Gasteiger partial charge in [-0.3, -0.25) is 0 Å². The predicted octanol–water partition coefficient (Wildman–Crippen LogP) is 3.71. The van der Waals surface area contributed by atoms with Crippen molar-refractivity contribution in [3.8, 4) is 17.0 Å². The van der Waals surface area contributed by atoms with Crippen molar-refractivity contribution >= 4 is 22.9 Å². The van der Waals surface area contributed by atoms with E-state index in [4.69, 9.17) is 27.7 Å². The molecule has 118 valence electrons. The van der Waals surface area contributed by atoms with Crippen LogP contribution in [0.4, 0.5) is 0 Å². The molecule has 2 N–H and O–H groups in total. The molecule has 0 bridgehead atoms. The van der Waals surface area contributed by atoms with Crippen LogP contribution in [0, 0.1) is 6.92 Å². The molecule has 1 unspecified atom stereocenters. The lowest BCUT2D eigenvalue weighted by molar-refractivity contribution is 0.412. The molecule has 0 saturated heterocycles. The van der Waals surface area contributed by atoms with Gasteiger partial charge in [0.2, 0.25) is 0 Å². The van der Waals surface area contributed by atoms with Crippen molar-refractivity contribution in [3.63, 3.8) is 0 Å². The molecule has 0 spiro atoms. The minimum Gasteiger partial charge on any atom is -0.496 e. The topological polar surface area (TPSA) is 52.5 Å². The number of aromatic nitrogens is 2. The molecule has 1 atom stereocenters. The number of fused-ring (bicyclic) bond motifs is 1. The Morgan fingerprint density at radius 1 is 1.30 bits per heavy atom. The van der Waals surface area contributed by atoms with Gasteiger partial charge in [-0.15, -0.1) is 0 Å². The van der Waals surface area contributed by atoms with Crippen molar-refractivity contribution < 1.29 is 4.74 Å². The highest BCUT2D eigenvalue weighted by Gasteiger charge is 2.21. The summed E-state index contributed by atoms with van der Waals surface area (Å²) < 4.78 is 7.40. The fourth-order valence-corrected chi connectivity index (χ4v) is 2.91. The maximum Gasteiger partial charge on any atom is 0.137 e. The molecule has 2 heterocycles. The highest BCUT2D eigenvalue weighted by Crippen LogP contribution is 2.32. The van der Waals surface area contributed by atoms with Crippen molar-refractivity contribution in [1.82, 2.24) is 9.38 Å². The predicted molar refractivity (Wildman–Crippen MR) is 97.1 cm³/mol. The second-order valence-electron chi connectivity index (χ2n) is 5.58. The van der Waals surface area contributed by atoms with Crippen LogP contribution >= 0.6 is 12.2 Å². The van der Waals surface area contributed by atoms with Gasteiger partial charge >= 0.3 is 0 Å². The van der Waals surface area contributed by atoms with E-state index in [-0.39, 0.29) is 5.92 Å². The van der Waals surface area contributed by atoms with Crippen LogP contribution in [-0.4, -0.2) is 21.5 Å². The Morgan fingerprint density at radius 3 is 2.74 bits per heavy atom. The monoisotopic (exact) mass is 325 g/mol. The minimum absolute atomic E-state index is 0.0696. The molecule has 5 heteroatoms. The number of pyridine rings is 1. The van der Waals surface area contributed by atoms with Crippen LogP contribution in [0.5, 0.6) is 5.75 Å². The quantitative estimate of drug-likeness (QED) is 0.743. The summed E-state index contributed by atoms with van der Waals surface area (Å²) >= 11 is 5.22. The summed E-state index contributed by atoms with van der Waals surface area (Å²) in [7, 11) is 1.67. The average molecular weight is 325 g/mol. The molecule has 2 aromatic heterocycles. The summed E-state index contributed by atoms with van der Waals surface area (Å²) in [6.45, 7) is 4.04. The standard InChI is InChI=1S/C18H19N3OS/c1-11-10-13(7-8-14(11)22-3)16-17(12(2)18(19)23)21-9-5-4-6-15(21)20-16/h4-10,12H,1-3H3,(H2,19,23). The average Bonchev–Trinajstić information content (AvgIpc) is 2.93. The Hall–Kier alpha value is -2.40. The molecule has 0 aliphatic heterocycles. The largest absolute Gasteiger partial charge is 0.496 e. The summed E-state index contributed by atoms with van der Waals surface area (Å²) in [4.78, 5) is 5.25. The number of aryl methyl sites for hydroxylation is 1. The van der Waals surface area contributed by atoms with E-state index < -0.39 is 0 Å². The highest BCUT2D eigenvalue weighted by molar-refractivity contribution is 7.80. The molecule has 1 aromatic carbocycles. The van der Waals surface area contributed by atoms with Gasteiger partial charge in [0.1, 0.15) is 11.4 Å². The lowest BCUT2D eigenvalue weighted by atomic mass is 10.00. The number of thiocarbonyl (C=S) groups is 1. The molecular weight excluding hydrogens is 306 g/mol. The van der Waals surface area contributed by atoms with Crippen LogP contribution in [0.25, 0.3) is 16.9 Å². The second kappa shape index (κ2) is 6.01. The van der Waals surface area contributed by atoms with Crippen molar-refractivity contribution in [3.05, 3.63) is 53.9 Å². The third-order valence-electron chi connectivity index (χ3n) is 4.07. The number of methoxy groups -OCH3 is 1. The zero-order chi connectivity index (χ0) is 16.6. The third-order valence-corrected chi connectivity index (χ3v) is 4.43. The van der Waals surface area contributed by atoms with Crippen molar-refractivity contribution in [1.29, 1.82) is 0 Å². The van der Waals surface area contributed by atoms with Crippen molar-refractivity contribution in [2.45, 2.75) is 19.8 Å². The summed E-state index contributed by atoms with van der Waals surface area (Å²) in [5.74, 6) is 0.793. The van der Waals surface area contributed by atoms with E-state index in [1.54, 1.807) is 7.11 Å². The maximum atomic E-state index is 5.91. The molecule has 0 saturated carbocycles. The Balaban J connectivity index is 2.26. The van der Waals surface area contributed by atoms with Crippen molar-refractivity contribution in [2.24, 2.45) is 5.73 Å². The van der Waals surface area contributed by atoms with Crippen LogP contribution in [-0.2, 0) is 0 Å². The Kier molecular flexibility index (Phi) is 4.05. The molecule has 0 fully saturated rings. The molecule has 0 aliphatic rings. The van der Waals surface area contributed by atoms with E-state index in [2.05, 4.69) is 10.5 Å². The second-order valence-corrected chi connectivity index (χ2v) is 6.05. The van der Waals surface area contributed by atoms with Crippen LogP contribution < -0.4 is 10.5 Å². The van der Waals surface area contributed by atoms with E-state index in [0.29, 0.717) is 4.99 Å². The van der Waals surface area contributed by atoms with Crippen LogP contribution in [0.1, 0.15) is 24.1 Å². The molecule has 0 amide bonds. The van der Waals surface area contributed by atoms with Gasteiger partial charge in [-0.2, -0.15) is 0 Å². The number of hydrogen-bond donors (Lipinski definition) is 1. The Morgan fingerprint density at radius 2 is 2.09 bits per heavy atom. The smallest absolute Gasteiger partial charge is 0.137 e. The molecular formula is C18H19N3OS. The number of benzene rings is 1. The zero-order valence-electron chi connectivity index (χ0n) is 13.4. The number of hydrogen-bond acceptors (Lipinski definition) is 3. The van der Waals surface area contributed by atoms with Crippen LogP contribution in [0.3, 0.4) is 0 Å². The number of nitrogens with two attached hydrogens (primary N) is 1. The Labute approximate surface area is 140 Å². The third kappa shape index (κ3) is 2.68. The minimum atomic E-state index is -0.0696. The first kappa shape index (κ1) is 15.5. The first-order valence-corrected chi connectivity index (χ1v) is 7.85. The number of nitrogens with zero attached hydrogens (tertiary/aromatic N) is 2. The summed E-state index contributed by atoms with van der Waals surface area (Å²) in [6, 6.07) is 12.0. The molecule has 4 nitrogen and oxygen atoms in total. The van der Waals surface area contributed by atoms with E-state index in [0.717, 1.165) is 33.9 Å². The molecule has 3 aromatic rings. The van der Waals surface area contributed by atoms with E-state index >= 15 is 0 Å². The molecule has 23 heavy (non-hydrogen) atoms. The summed E-state index contributed by atoms with van der Waals surface area (Å²) in [6.07, 6.45) is 1.99. The molecule has 0 aliphatic carbocycles.